The van der Waals surface area contributed by atoms with Crippen LogP contribution in [0.25, 0.3) is 0 Å². The molecule has 1 aromatic carbocycles. The monoisotopic (exact) mass is 421 g/mol. The van der Waals surface area contributed by atoms with Crippen molar-refractivity contribution in [2.75, 3.05) is 19.0 Å². The first kappa shape index (κ1) is 20.7. The van der Waals surface area contributed by atoms with Crippen LogP contribution in [0.3, 0.4) is 0 Å². The number of fused-ring (bicyclic) bond motifs is 1. The number of anilines is 1. The van der Waals surface area contributed by atoms with Gasteiger partial charge in [0, 0.05) is 16.3 Å². The summed E-state index contributed by atoms with van der Waals surface area (Å²) in [6, 6.07) is 7.11. The molecule has 1 aliphatic carbocycles. The highest BCUT2D eigenvalue weighted by molar-refractivity contribution is 7.17. The Kier molecular flexibility index (Phi) is 6.97. The Morgan fingerprint density at radius 2 is 2.04 bits per heavy atom. The maximum Gasteiger partial charge on any atom is 0.341 e. The number of thiophene rings is 1. The van der Waals surface area contributed by atoms with Gasteiger partial charge < -0.3 is 14.8 Å². The van der Waals surface area contributed by atoms with E-state index < -0.39 is 0 Å². The summed E-state index contributed by atoms with van der Waals surface area (Å²) in [7, 11) is 1.37. The van der Waals surface area contributed by atoms with Crippen molar-refractivity contribution >= 4 is 39.8 Å². The van der Waals surface area contributed by atoms with Crippen molar-refractivity contribution < 1.29 is 19.1 Å². The van der Waals surface area contributed by atoms with E-state index in [4.69, 9.17) is 21.1 Å². The van der Waals surface area contributed by atoms with Gasteiger partial charge in [-0.3, -0.25) is 4.79 Å². The predicted octanol–water partition coefficient (Wildman–Crippen LogP) is 5.11. The standard InChI is InChI=1S/C21H24ClNO4S/c1-13-5-10-16-17(12-13)28-20(19(16)21(25)26-2)23-18(24)4-3-11-27-15-8-6-14(22)7-9-15/h6-9,13H,3-5,10-12H2,1-2H3,(H,23,24)/t13-/m0/s1. The predicted molar refractivity (Wildman–Crippen MR) is 112 cm³/mol. The van der Waals surface area contributed by atoms with Crippen LogP contribution in [0.15, 0.2) is 24.3 Å². The molecule has 1 heterocycles. The fourth-order valence-electron chi connectivity index (χ4n) is 3.30. The Hall–Kier alpha value is -2.05. The molecule has 7 heteroatoms. The molecule has 0 unspecified atom stereocenters. The number of benzene rings is 1. The summed E-state index contributed by atoms with van der Waals surface area (Å²) in [6.45, 7) is 2.64. The summed E-state index contributed by atoms with van der Waals surface area (Å²) in [5.41, 5.74) is 1.57. The van der Waals surface area contributed by atoms with Crippen LogP contribution in [-0.4, -0.2) is 25.6 Å². The molecule has 0 bridgehead atoms. The van der Waals surface area contributed by atoms with E-state index in [0.29, 0.717) is 41.0 Å². The second kappa shape index (κ2) is 9.43. The van der Waals surface area contributed by atoms with Crippen molar-refractivity contribution in [2.24, 2.45) is 5.92 Å². The van der Waals surface area contributed by atoms with Gasteiger partial charge in [-0.05, 0) is 61.4 Å². The zero-order valence-corrected chi connectivity index (χ0v) is 17.6. The van der Waals surface area contributed by atoms with Crippen LogP contribution in [0.1, 0.15) is 47.0 Å². The first-order chi connectivity index (χ1) is 13.5. The van der Waals surface area contributed by atoms with Crippen molar-refractivity contribution in [3.63, 3.8) is 0 Å². The van der Waals surface area contributed by atoms with E-state index in [9.17, 15) is 9.59 Å². The van der Waals surface area contributed by atoms with Crippen LogP contribution in [0.4, 0.5) is 5.00 Å². The molecular weight excluding hydrogens is 398 g/mol. The van der Waals surface area contributed by atoms with E-state index in [1.807, 2.05) is 0 Å². The first-order valence-electron chi connectivity index (χ1n) is 9.39. The molecule has 0 fully saturated rings. The molecule has 1 aliphatic rings. The lowest BCUT2D eigenvalue weighted by Crippen LogP contribution is -2.16. The molecule has 2 aromatic rings. The number of methoxy groups -OCH3 is 1. The van der Waals surface area contributed by atoms with Gasteiger partial charge in [-0.2, -0.15) is 0 Å². The van der Waals surface area contributed by atoms with Crippen molar-refractivity contribution in [1.29, 1.82) is 0 Å². The van der Waals surface area contributed by atoms with Gasteiger partial charge in [0.2, 0.25) is 5.91 Å². The van der Waals surface area contributed by atoms with Crippen molar-refractivity contribution in [3.8, 4) is 5.75 Å². The molecule has 3 rings (SSSR count). The van der Waals surface area contributed by atoms with Crippen LogP contribution in [0, 0.1) is 5.92 Å². The third-order valence-electron chi connectivity index (χ3n) is 4.78. The largest absolute Gasteiger partial charge is 0.494 e. The van der Waals surface area contributed by atoms with Crippen LogP contribution < -0.4 is 10.1 Å². The molecule has 0 aliphatic heterocycles. The van der Waals surface area contributed by atoms with Gasteiger partial charge >= 0.3 is 5.97 Å². The van der Waals surface area contributed by atoms with Gasteiger partial charge in [-0.15, -0.1) is 11.3 Å². The minimum absolute atomic E-state index is 0.128. The molecule has 28 heavy (non-hydrogen) atoms. The van der Waals surface area contributed by atoms with E-state index in [1.165, 1.54) is 23.3 Å². The number of hydrogen-bond acceptors (Lipinski definition) is 5. The third-order valence-corrected chi connectivity index (χ3v) is 6.21. The van der Waals surface area contributed by atoms with Crippen molar-refractivity contribution in [3.05, 3.63) is 45.3 Å². The lowest BCUT2D eigenvalue weighted by Gasteiger charge is -2.18. The second-order valence-electron chi connectivity index (χ2n) is 7.00. The summed E-state index contributed by atoms with van der Waals surface area (Å²) in [6.07, 6.45) is 3.72. The lowest BCUT2D eigenvalue weighted by atomic mass is 9.88. The molecule has 0 radical (unpaired) electrons. The van der Waals surface area contributed by atoms with E-state index in [-0.39, 0.29) is 11.9 Å². The SMILES string of the molecule is COC(=O)c1c(NC(=O)CCCOc2ccc(Cl)cc2)sc2c1CC[C@H](C)C2. The van der Waals surface area contributed by atoms with Crippen LogP contribution >= 0.6 is 22.9 Å². The zero-order chi connectivity index (χ0) is 20.1. The van der Waals surface area contributed by atoms with Gasteiger partial charge in [0.1, 0.15) is 10.8 Å². The quantitative estimate of drug-likeness (QED) is 0.498. The average molecular weight is 422 g/mol. The summed E-state index contributed by atoms with van der Waals surface area (Å²) in [5.74, 6) is 0.799. The third kappa shape index (κ3) is 5.06. The molecule has 1 amide bonds. The number of amides is 1. The Labute approximate surface area is 174 Å². The summed E-state index contributed by atoms with van der Waals surface area (Å²) in [4.78, 5) is 25.8. The highest BCUT2D eigenvalue weighted by Crippen LogP contribution is 2.40. The number of halogens is 1. The lowest BCUT2D eigenvalue weighted by molar-refractivity contribution is -0.116. The smallest absolute Gasteiger partial charge is 0.341 e. The number of esters is 1. The van der Waals surface area contributed by atoms with E-state index >= 15 is 0 Å². The molecule has 5 nitrogen and oxygen atoms in total. The molecule has 0 saturated heterocycles. The van der Waals surface area contributed by atoms with E-state index in [0.717, 1.165) is 30.6 Å². The van der Waals surface area contributed by atoms with Crippen molar-refractivity contribution in [2.45, 2.75) is 39.0 Å². The molecule has 1 N–H and O–H groups in total. The zero-order valence-electron chi connectivity index (χ0n) is 16.0. The van der Waals surface area contributed by atoms with E-state index in [2.05, 4.69) is 12.2 Å². The molecule has 1 atom stereocenters. The van der Waals surface area contributed by atoms with Crippen LogP contribution in [0.2, 0.25) is 5.02 Å². The number of ether oxygens (including phenoxy) is 2. The Bertz CT molecular complexity index is 847. The minimum Gasteiger partial charge on any atom is -0.494 e. The number of carbonyl (C=O) groups excluding carboxylic acids is 2. The minimum atomic E-state index is -0.381. The highest BCUT2D eigenvalue weighted by atomic mass is 35.5. The van der Waals surface area contributed by atoms with Gasteiger partial charge in [0.25, 0.3) is 0 Å². The van der Waals surface area contributed by atoms with Crippen LogP contribution in [0.5, 0.6) is 5.75 Å². The highest BCUT2D eigenvalue weighted by Gasteiger charge is 2.28. The molecule has 0 spiro atoms. The Morgan fingerprint density at radius 1 is 1.29 bits per heavy atom. The van der Waals surface area contributed by atoms with Gasteiger partial charge in [0.15, 0.2) is 0 Å². The molecular formula is C21H24ClNO4S. The Balaban J connectivity index is 1.57. The maximum atomic E-state index is 12.4. The van der Waals surface area contributed by atoms with Gasteiger partial charge in [0.05, 0.1) is 19.3 Å². The maximum absolute atomic E-state index is 12.4. The fourth-order valence-corrected chi connectivity index (χ4v) is 4.84. The number of hydrogen-bond donors (Lipinski definition) is 1. The summed E-state index contributed by atoms with van der Waals surface area (Å²) in [5, 5.41) is 4.17. The summed E-state index contributed by atoms with van der Waals surface area (Å²) >= 11 is 7.34. The van der Waals surface area contributed by atoms with Crippen LogP contribution in [-0.2, 0) is 22.4 Å². The number of rotatable bonds is 7. The molecule has 0 saturated carbocycles. The average Bonchev–Trinajstić information content (AvgIpc) is 3.02. The van der Waals surface area contributed by atoms with Gasteiger partial charge in [-0.1, -0.05) is 18.5 Å². The number of nitrogens with one attached hydrogen (secondary N) is 1. The normalized spacial score (nSPS) is 15.6. The van der Waals surface area contributed by atoms with Crippen molar-refractivity contribution in [1.82, 2.24) is 0 Å². The Morgan fingerprint density at radius 3 is 2.75 bits per heavy atom. The summed E-state index contributed by atoms with van der Waals surface area (Å²) < 4.78 is 10.6. The molecule has 150 valence electrons. The van der Waals surface area contributed by atoms with Gasteiger partial charge in [-0.25, -0.2) is 4.79 Å². The van der Waals surface area contributed by atoms with E-state index in [1.54, 1.807) is 24.3 Å². The molecule has 1 aromatic heterocycles. The topological polar surface area (TPSA) is 64.6 Å². The first-order valence-corrected chi connectivity index (χ1v) is 10.6. The second-order valence-corrected chi connectivity index (χ2v) is 8.54. The fraction of sp³-hybridized carbons (Fsp3) is 0.429. The number of carbonyl (C=O) groups is 2.